The number of nitrogens with one attached hydrogen (secondary N) is 1. The number of ether oxygens (including phenoxy) is 2. The summed E-state index contributed by atoms with van der Waals surface area (Å²) < 4.78 is 23.7. The van der Waals surface area contributed by atoms with Gasteiger partial charge in [0.05, 0.1) is 13.2 Å². The van der Waals surface area contributed by atoms with E-state index in [1.165, 1.54) is 18.2 Å². The predicted octanol–water partition coefficient (Wildman–Crippen LogP) is 2.61. The van der Waals surface area contributed by atoms with Crippen LogP contribution in [0.4, 0.5) is 9.18 Å². The summed E-state index contributed by atoms with van der Waals surface area (Å²) in [7, 11) is 0. The summed E-state index contributed by atoms with van der Waals surface area (Å²) in [6.45, 7) is 6.99. The second kappa shape index (κ2) is 7.26. The molecule has 1 aromatic rings. The minimum Gasteiger partial charge on any atom is -0.489 e. The summed E-state index contributed by atoms with van der Waals surface area (Å²) in [5.41, 5.74) is -0.200. The molecule has 1 aromatic carbocycles. The summed E-state index contributed by atoms with van der Waals surface area (Å²) in [4.78, 5) is 11.5. The van der Waals surface area contributed by atoms with E-state index < -0.39 is 17.5 Å². The molecule has 0 spiro atoms. The Morgan fingerprint density at radius 1 is 1.43 bits per heavy atom. The molecule has 0 aliphatic carbocycles. The van der Waals surface area contributed by atoms with E-state index in [1.54, 1.807) is 27.7 Å². The molecule has 0 fully saturated rings. The number of rotatable bonds is 5. The first kappa shape index (κ1) is 17.2. The maximum Gasteiger partial charge on any atom is 0.407 e. The maximum atomic E-state index is 13.0. The van der Waals surface area contributed by atoms with Crippen molar-refractivity contribution in [3.8, 4) is 5.75 Å². The zero-order chi connectivity index (χ0) is 16.0. The Morgan fingerprint density at radius 2 is 2.10 bits per heavy atom. The smallest absolute Gasteiger partial charge is 0.407 e. The van der Waals surface area contributed by atoms with Gasteiger partial charge in [-0.15, -0.1) is 0 Å². The minimum atomic E-state index is -0.560. The Morgan fingerprint density at radius 3 is 2.67 bits per heavy atom. The number of amides is 1. The number of benzene rings is 1. The summed E-state index contributed by atoms with van der Waals surface area (Å²) in [6.07, 6.45) is -0.882. The third-order valence-corrected chi connectivity index (χ3v) is 2.45. The molecule has 6 heteroatoms. The highest BCUT2D eigenvalue weighted by Crippen LogP contribution is 2.20. The van der Waals surface area contributed by atoms with E-state index in [2.05, 4.69) is 5.32 Å². The summed E-state index contributed by atoms with van der Waals surface area (Å²) >= 11 is 0. The number of carbonyl (C=O) groups is 1. The Kier molecular flexibility index (Phi) is 5.96. The predicted molar refractivity (Wildman–Crippen MR) is 76.6 cm³/mol. The third-order valence-electron chi connectivity index (χ3n) is 2.45. The molecule has 1 amide bonds. The van der Waals surface area contributed by atoms with Crippen LogP contribution in [-0.4, -0.2) is 29.4 Å². The monoisotopic (exact) mass is 299 g/mol. The van der Waals surface area contributed by atoms with Crippen LogP contribution in [0.25, 0.3) is 0 Å². The Balaban J connectivity index is 2.51. The molecule has 0 saturated heterocycles. The van der Waals surface area contributed by atoms with Crippen LogP contribution in [0.15, 0.2) is 18.2 Å². The van der Waals surface area contributed by atoms with Crippen molar-refractivity contribution < 1.29 is 23.8 Å². The summed E-state index contributed by atoms with van der Waals surface area (Å²) in [6, 6.07) is 3.91. The lowest BCUT2D eigenvalue weighted by molar-refractivity contribution is 0.0504. The number of hydrogen-bond donors (Lipinski definition) is 2. The van der Waals surface area contributed by atoms with Crippen LogP contribution in [0.2, 0.25) is 0 Å². The van der Waals surface area contributed by atoms with Crippen LogP contribution < -0.4 is 10.1 Å². The molecule has 0 aromatic heterocycles. The second-order valence-corrected chi connectivity index (χ2v) is 5.72. The fourth-order valence-corrected chi connectivity index (χ4v) is 1.59. The van der Waals surface area contributed by atoms with Gasteiger partial charge in [-0.05, 0) is 45.9 Å². The molecular formula is C15H22FNO4. The van der Waals surface area contributed by atoms with Gasteiger partial charge >= 0.3 is 6.09 Å². The number of carbonyl (C=O) groups excluding carboxylic acids is 1. The highest BCUT2D eigenvalue weighted by atomic mass is 19.1. The molecule has 0 aliphatic heterocycles. The number of aliphatic hydroxyl groups excluding tert-OH is 1. The Bertz CT molecular complexity index is 485. The van der Waals surface area contributed by atoms with Gasteiger partial charge in [-0.1, -0.05) is 0 Å². The number of aliphatic hydroxyl groups is 1. The van der Waals surface area contributed by atoms with Gasteiger partial charge in [-0.2, -0.15) is 0 Å². The molecule has 0 radical (unpaired) electrons. The normalized spacial score (nSPS) is 12.7. The zero-order valence-electron chi connectivity index (χ0n) is 12.8. The van der Waals surface area contributed by atoms with E-state index in [9.17, 15) is 9.18 Å². The molecule has 118 valence electrons. The van der Waals surface area contributed by atoms with Gasteiger partial charge in [-0.25, -0.2) is 9.18 Å². The van der Waals surface area contributed by atoms with Crippen LogP contribution in [-0.2, 0) is 11.3 Å². The van der Waals surface area contributed by atoms with Gasteiger partial charge in [0.25, 0.3) is 0 Å². The lowest BCUT2D eigenvalue weighted by Crippen LogP contribution is -2.37. The lowest BCUT2D eigenvalue weighted by Gasteiger charge is -2.21. The van der Waals surface area contributed by atoms with E-state index in [0.717, 1.165) is 0 Å². The van der Waals surface area contributed by atoms with Crippen LogP contribution in [0.5, 0.6) is 5.75 Å². The van der Waals surface area contributed by atoms with Crippen molar-refractivity contribution in [2.24, 2.45) is 0 Å². The van der Waals surface area contributed by atoms with Crippen molar-refractivity contribution in [3.05, 3.63) is 29.6 Å². The van der Waals surface area contributed by atoms with Crippen molar-refractivity contribution >= 4 is 6.09 Å². The molecular weight excluding hydrogens is 277 g/mol. The fourth-order valence-electron chi connectivity index (χ4n) is 1.59. The van der Waals surface area contributed by atoms with Crippen molar-refractivity contribution in [2.45, 2.75) is 46.0 Å². The van der Waals surface area contributed by atoms with Crippen molar-refractivity contribution in [1.82, 2.24) is 5.32 Å². The molecule has 0 aliphatic rings. The largest absolute Gasteiger partial charge is 0.489 e. The molecule has 1 rings (SSSR count). The van der Waals surface area contributed by atoms with E-state index in [-0.39, 0.29) is 19.3 Å². The number of alkyl carbamates (subject to hydrolysis) is 1. The molecule has 2 N–H and O–H groups in total. The van der Waals surface area contributed by atoms with Crippen molar-refractivity contribution in [3.63, 3.8) is 0 Å². The average Bonchev–Trinajstić information content (AvgIpc) is 2.36. The Hall–Kier alpha value is -1.82. The molecule has 0 bridgehead atoms. The molecule has 0 heterocycles. The topological polar surface area (TPSA) is 67.8 Å². The van der Waals surface area contributed by atoms with Gasteiger partial charge in [0, 0.05) is 5.56 Å². The minimum absolute atomic E-state index is 0.233. The summed E-state index contributed by atoms with van der Waals surface area (Å²) in [5, 5.41) is 11.8. The number of halogens is 1. The van der Waals surface area contributed by atoms with Crippen molar-refractivity contribution in [1.29, 1.82) is 0 Å². The highest BCUT2D eigenvalue weighted by molar-refractivity contribution is 5.67. The maximum absolute atomic E-state index is 13.0. The van der Waals surface area contributed by atoms with Crippen LogP contribution in [0, 0.1) is 5.82 Å². The molecule has 1 atom stereocenters. The zero-order valence-corrected chi connectivity index (χ0v) is 12.8. The van der Waals surface area contributed by atoms with Gasteiger partial charge in [0.2, 0.25) is 0 Å². The SMILES string of the molecule is C[C@@H](CNC(=O)OC(C)(C)C)Oc1ccc(F)cc1CO. The highest BCUT2D eigenvalue weighted by Gasteiger charge is 2.17. The Labute approximate surface area is 124 Å². The standard InChI is InChI=1S/C15H22FNO4/c1-10(8-17-14(19)21-15(2,3)4)20-13-6-5-12(16)7-11(13)9-18/h5-7,10,18H,8-9H2,1-4H3,(H,17,19)/t10-/m0/s1. The molecule has 0 unspecified atom stereocenters. The van der Waals surface area contributed by atoms with Crippen molar-refractivity contribution in [2.75, 3.05) is 6.54 Å². The molecule has 21 heavy (non-hydrogen) atoms. The van der Waals surface area contributed by atoms with Crippen LogP contribution in [0.3, 0.4) is 0 Å². The van der Waals surface area contributed by atoms with E-state index in [4.69, 9.17) is 14.6 Å². The first-order valence-corrected chi connectivity index (χ1v) is 6.74. The average molecular weight is 299 g/mol. The van der Waals surface area contributed by atoms with Crippen LogP contribution in [0.1, 0.15) is 33.3 Å². The lowest BCUT2D eigenvalue weighted by atomic mass is 10.2. The van der Waals surface area contributed by atoms with Gasteiger partial charge < -0.3 is 19.9 Å². The van der Waals surface area contributed by atoms with Gasteiger partial charge in [0.15, 0.2) is 0 Å². The third kappa shape index (κ3) is 6.44. The fraction of sp³-hybridized carbons (Fsp3) is 0.533. The molecule has 0 saturated carbocycles. The number of hydrogen-bond acceptors (Lipinski definition) is 4. The van der Waals surface area contributed by atoms with Gasteiger partial charge in [0.1, 0.15) is 23.3 Å². The van der Waals surface area contributed by atoms with Crippen LogP contribution >= 0.6 is 0 Å². The van der Waals surface area contributed by atoms with E-state index >= 15 is 0 Å². The van der Waals surface area contributed by atoms with E-state index in [0.29, 0.717) is 11.3 Å². The van der Waals surface area contributed by atoms with E-state index in [1.807, 2.05) is 0 Å². The quantitative estimate of drug-likeness (QED) is 0.877. The second-order valence-electron chi connectivity index (χ2n) is 5.72. The molecule has 5 nitrogen and oxygen atoms in total. The first-order valence-electron chi connectivity index (χ1n) is 6.74. The summed E-state index contributed by atoms with van der Waals surface area (Å²) in [5.74, 6) is -0.0525. The van der Waals surface area contributed by atoms with Gasteiger partial charge in [-0.3, -0.25) is 0 Å². The first-order chi connectivity index (χ1) is 9.71.